The van der Waals surface area contributed by atoms with E-state index in [9.17, 15) is 9.59 Å². The SMILES string of the molecule is CCOC(=O)c1c(OCCCN(C)C)nc2ccc(Cl)cc2c1N1CCN(C(=O)c2ccc(OC)cc2)CC1. The smallest absolute Gasteiger partial charge is 0.345 e. The molecule has 1 fully saturated rings. The zero-order valence-corrected chi connectivity index (χ0v) is 23.7. The Balaban J connectivity index is 1.66. The normalized spacial score (nSPS) is 13.6. The van der Waals surface area contributed by atoms with Crippen LogP contribution in [0.25, 0.3) is 10.9 Å². The third-order valence-electron chi connectivity index (χ3n) is 6.57. The molecule has 2 heterocycles. The van der Waals surface area contributed by atoms with Gasteiger partial charge in [0, 0.05) is 48.7 Å². The zero-order valence-electron chi connectivity index (χ0n) is 22.9. The summed E-state index contributed by atoms with van der Waals surface area (Å²) >= 11 is 6.39. The fraction of sp³-hybridized carbons (Fsp3) is 0.414. The van der Waals surface area contributed by atoms with Crippen LogP contribution in [0.1, 0.15) is 34.1 Å². The van der Waals surface area contributed by atoms with Gasteiger partial charge in [0.25, 0.3) is 5.91 Å². The highest BCUT2D eigenvalue weighted by molar-refractivity contribution is 6.31. The van der Waals surface area contributed by atoms with Crippen molar-refractivity contribution >= 4 is 40.1 Å². The van der Waals surface area contributed by atoms with Gasteiger partial charge in [-0.05, 0) is 69.9 Å². The Labute approximate surface area is 234 Å². The minimum Gasteiger partial charge on any atom is -0.497 e. The van der Waals surface area contributed by atoms with Gasteiger partial charge in [0.2, 0.25) is 5.88 Å². The second kappa shape index (κ2) is 13.0. The van der Waals surface area contributed by atoms with Gasteiger partial charge in [-0.2, -0.15) is 0 Å². The molecule has 0 radical (unpaired) electrons. The minimum absolute atomic E-state index is 0.0459. The minimum atomic E-state index is -0.499. The highest BCUT2D eigenvalue weighted by atomic mass is 35.5. The van der Waals surface area contributed by atoms with Gasteiger partial charge < -0.3 is 28.9 Å². The van der Waals surface area contributed by atoms with Crippen molar-refractivity contribution in [1.82, 2.24) is 14.8 Å². The molecule has 1 saturated heterocycles. The summed E-state index contributed by atoms with van der Waals surface area (Å²) in [6.45, 7) is 5.22. The zero-order chi connectivity index (χ0) is 27.9. The second-order valence-corrected chi connectivity index (χ2v) is 9.97. The molecule has 1 amide bonds. The highest BCUT2D eigenvalue weighted by Crippen LogP contribution is 2.38. The van der Waals surface area contributed by atoms with Gasteiger partial charge in [0.15, 0.2) is 0 Å². The average molecular weight is 555 g/mol. The lowest BCUT2D eigenvalue weighted by Gasteiger charge is -2.37. The molecule has 1 aliphatic rings. The van der Waals surface area contributed by atoms with E-state index < -0.39 is 5.97 Å². The number of piperazine rings is 1. The van der Waals surface area contributed by atoms with Crippen LogP contribution in [0, 0.1) is 0 Å². The van der Waals surface area contributed by atoms with Crippen molar-refractivity contribution in [3.05, 3.63) is 58.6 Å². The van der Waals surface area contributed by atoms with Gasteiger partial charge in [-0.3, -0.25) is 4.79 Å². The largest absolute Gasteiger partial charge is 0.497 e. The first-order valence-electron chi connectivity index (χ1n) is 13.1. The third-order valence-corrected chi connectivity index (χ3v) is 6.81. The van der Waals surface area contributed by atoms with Crippen molar-refractivity contribution in [3.8, 4) is 11.6 Å². The lowest BCUT2D eigenvalue weighted by Crippen LogP contribution is -2.49. The molecule has 2 aromatic carbocycles. The molecule has 0 bridgehead atoms. The molecule has 208 valence electrons. The topological polar surface area (TPSA) is 84.4 Å². The Hall–Kier alpha value is -3.56. The summed E-state index contributed by atoms with van der Waals surface area (Å²) < 4.78 is 16.7. The maximum absolute atomic E-state index is 13.3. The number of ether oxygens (including phenoxy) is 3. The predicted molar refractivity (Wildman–Crippen MR) is 152 cm³/mol. The van der Waals surface area contributed by atoms with E-state index in [1.807, 2.05) is 31.1 Å². The predicted octanol–water partition coefficient (Wildman–Crippen LogP) is 4.37. The van der Waals surface area contributed by atoms with Crippen LogP contribution in [0.4, 0.5) is 5.69 Å². The van der Waals surface area contributed by atoms with Crippen LogP contribution in [-0.4, -0.2) is 93.8 Å². The van der Waals surface area contributed by atoms with E-state index in [1.165, 1.54) is 0 Å². The number of hydrogen-bond acceptors (Lipinski definition) is 8. The van der Waals surface area contributed by atoms with E-state index in [2.05, 4.69) is 9.80 Å². The molecular weight excluding hydrogens is 520 g/mol. The van der Waals surface area contributed by atoms with Gasteiger partial charge in [0.1, 0.15) is 11.3 Å². The number of fused-ring (bicyclic) bond motifs is 1. The quantitative estimate of drug-likeness (QED) is 0.270. The first kappa shape index (κ1) is 28.4. The summed E-state index contributed by atoms with van der Waals surface area (Å²) in [4.78, 5) is 37.1. The summed E-state index contributed by atoms with van der Waals surface area (Å²) in [5, 5.41) is 1.27. The number of benzene rings is 2. The monoisotopic (exact) mass is 554 g/mol. The number of rotatable bonds is 10. The van der Waals surface area contributed by atoms with Gasteiger partial charge in [-0.15, -0.1) is 0 Å². The number of nitrogens with zero attached hydrogens (tertiary/aromatic N) is 4. The fourth-order valence-corrected chi connectivity index (χ4v) is 4.79. The molecule has 0 aliphatic carbocycles. The molecule has 1 aliphatic heterocycles. The van der Waals surface area contributed by atoms with Crippen molar-refractivity contribution in [3.63, 3.8) is 0 Å². The summed E-state index contributed by atoms with van der Waals surface area (Å²) in [5.74, 6) is 0.399. The maximum atomic E-state index is 13.3. The molecule has 10 heteroatoms. The molecule has 0 atom stereocenters. The molecular formula is C29H35ClN4O5. The Morgan fingerprint density at radius 1 is 1.05 bits per heavy atom. The van der Waals surface area contributed by atoms with Crippen LogP contribution in [0.15, 0.2) is 42.5 Å². The van der Waals surface area contributed by atoms with Gasteiger partial charge in [0.05, 0.1) is 31.5 Å². The molecule has 9 nitrogen and oxygen atoms in total. The van der Waals surface area contributed by atoms with Crippen LogP contribution >= 0.6 is 11.6 Å². The van der Waals surface area contributed by atoms with Crippen LogP contribution in [0.5, 0.6) is 11.6 Å². The molecule has 3 aromatic rings. The van der Waals surface area contributed by atoms with E-state index in [0.29, 0.717) is 60.3 Å². The molecule has 1 aromatic heterocycles. The summed E-state index contributed by atoms with van der Waals surface area (Å²) in [6, 6.07) is 12.5. The number of esters is 1. The summed E-state index contributed by atoms with van der Waals surface area (Å²) in [5.41, 5.74) is 2.22. The van der Waals surface area contributed by atoms with Crippen molar-refractivity contribution in [2.24, 2.45) is 0 Å². The number of pyridine rings is 1. The molecule has 0 spiro atoms. The number of halogens is 1. The number of carbonyl (C=O) groups is 2. The molecule has 0 unspecified atom stereocenters. The van der Waals surface area contributed by atoms with E-state index in [1.54, 1.807) is 44.4 Å². The molecule has 0 saturated carbocycles. The Morgan fingerprint density at radius 3 is 2.41 bits per heavy atom. The van der Waals surface area contributed by atoms with Crippen LogP contribution in [-0.2, 0) is 4.74 Å². The van der Waals surface area contributed by atoms with E-state index in [4.69, 9.17) is 30.8 Å². The van der Waals surface area contributed by atoms with Crippen molar-refractivity contribution in [2.45, 2.75) is 13.3 Å². The Morgan fingerprint density at radius 2 is 1.77 bits per heavy atom. The lowest BCUT2D eigenvalue weighted by molar-refractivity contribution is 0.0520. The van der Waals surface area contributed by atoms with E-state index >= 15 is 0 Å². The average Bonchev–Trinajstić information content (AvgIpc) is 2.94. The number of aromatic nitrogens is 1. The Bertz CT molecular complexity index is 1310. The lowest BCUT2D eigenvalue weighted by atomic mass is 10.1. The standard InChI is InChI=1S/C29H35ClN4O5/c1-5-38-29(36)25-26(23-19-21(30)9-12-24(23)31-27(25)39-18-6-13-32(2)3)33-14-16-34(17-15-33)28(35)20-7-10-22(37-4)11-8-20/h7-12,19H,5-6,13-18H2,1-4H3. The van der Waals surface area contributed by atoms with Gasteiger partial charge in [-0.25, -0.2) is 9.78 Å². The second-order valence-electron chi connectivity index (χ2n) is 9.54. The van der Waals surface area contributed by atoms with Crippen molar-refractivity contribution < 1.29 is 23.8 Å². The Kier molecular flexibility index (Phi) is 9.48. The molecule has 4 rings (SSSR count). The van der Waals surface area contributed by atoms with Crippen molar-refractivity contribution in [2.75, 3.05) is 72.0 Å². The van der Waals surface area contributed by atoms with Crippen LogP contribution in [0.3, 0.4) is 0 Å². The van der Waals surface area contributed by atoms with Gasteiger partial charge in [-0.1, -0.05) is 11.6 Å². The number of carbonyl (C=O) groups excluding carboxylic acids is 2. The first-order valence-corrected chi connectivity index (χ1v) is 13.5. The van der Waals surface area contributed by atoms with E-state index in [-0.39, 0.29) is 24.0 Å². The fourth-order valence-electron chi connectivity index (χ4n) is 4.62. The maximum Gasteiger partial charge on any atom is 0.345 e. The number of amides is 1. The van der Waals surface area contributed by atoms with Crippen molar-refractivity contribution in [1.29, 1.82) is 0 Å². The first-order chi connectivity index (χ1) is 18.8. The van der Waals surface area contributed by atoms with E-state index in [0.717, 1.165) is 18.4 Å². The highest BCUT2D eigenvalue weighted by Gasteiger charge is 2.30. The molecule has 0 N–H and O–H groups in total. The van der Waals surface area contributed by atoms with Crippen LogP contribution < -0.4 is 14.4 Å². The molecule has 39 heavy (non-hydrogen) atoms. The third kappa shape index (κ3) is 6.72. The summed E-state index contributed by atoms with van der Waals surface area (Å²) in [6.07, 6.45) is 0.775. The van der Waals surface area contributed by atoms with Gasteiger partial charge >= 0.3 is 5.97 Å². The summed E-state index contributed by atoms with van der Waals surface area (Å²) in [7, 11) is 5.59. The number of methoxy groups -OCH3 is 1. The number of anilines is 1. The van der Waals surface area contributed by atoms with Crippen LogP contribution in [0.2, 0.25) is 5.02 Å². The number of hydrogen-bond donors (Lipinski definition) is 0.